The zero-order valence-electron chi connectivity index (χ0n) is 15.2. The van der Waals surface area contributed by atoms with Gasteiger partial charge in [-0.1, -0.05) is 90.0 Å². The van der Waals surface area contributed by atoms with E-state index in [1.165, 1.54) is 11.1 Å². The smallest absolute Gasteiger partial charge is 0.307 e. The molecular weight excluding hydrogens is 320 g/mol. The van der Waals surface area contributed by atoms with Crippen molar-refractivity contribution in [2.45, 2.75) is 26.2 Å². The fourth-order valence-electron chi connectivity index (χ4n) is 3.77. The molecule has 0 aliphatic heterocycles. The Morgan fingerprint density at radius 2 is 1.27 bits per heavy atom. The number of carbonyl (C=O) groups is 1. The summed E-state index contributed by atoms with van der Waals surface area (Å²) < 4.78 is 0. The Bertz CT molecular complexity index is 809. The Morgan fingerprint density at radius 3 is 1.69 bits per heavy atom. The van der Waals surface area contributed by atoms with Crippen molar-refractivity contribution in [2.24, 2.45) is 5.92 Å². The van der Waals surface area contributed by atoms with Gasteiger partial charge in [-0.05, 0) is 37.0 Å². The van der Waals surface area contributed by atoms with Crippen molar-refractivity contribution in [1.82, 2.24) is 0 Å². The van der Waals surface area contributed by atoms with Crippen LogP contribution in [0.25, 0.3) is 0 Å². The third-order valence-electron chi connectivity index (χ3n) is 4.77. The molecule has 0 aliphatic rings. The Morgan fingerprint density at radius 1 is 0.808 bits per heavy atom. The minimum Gasteiger partial charge on any atom is -0.481 e. The molecule has 0 saturated heterocycles. The van der Waals surface area contributed by atoms with E-state index in [0.29, 0.717) is 6.42 Å². The van der Waals surface area contributed by atoms with E-state index in [9.17, 15) is 9.90 Å². The second-order valence-electron chi connectivity index (χ2n) is 6.94. The van der Waals surface area contributed by atoms with Gasteiger partial charge in [-0.15, -0.1) is 0 Å². The van der Waals surface area contributed by atoms with E-state index in [4.69, 9.17) is 0 Å². The van der Waals surface area contributed by atoms with E-state index in [2.05, 4.69) is 32.0 Å². The van der Waals surface area contributed by atoms with Gasteiger partial charge in [0.2, 0.25) is 0 Å². The van der Waals surface area contributed by atoms with Gasteiger partial charge < -0.3 is 5.11 Å². The standard InChI is InChI=1S/C24H24O2/c1-17-13-18(2)15-19(14-17)16-22(24(25)26)23(20-9-5-3-6-10-20)21-11-7-4-8-12-21/h3-15,22-23H,16H2,1-2H3,(H,25,26). The lowest BCUT2D eigenvalue weighted by Crippen LogP contribution is -2.25. The molecule has 132 valence electrons. The van der Waals surface area contributed by atoms with Crippen LogP contribution in [0.3, 0.4) is 0 Å². The first-order chi connectivity index (χ1) is 12.5. The molecule has 1 unspecified atom stereocenters. The molecule has 0 heterocycles. The topological polar surface area (TPSA) is 37.3 Å². The van der Waals surface area contributed by atoms with Crippen molar-refractivity contribution in [3.63, 3.8) is 0 Å². The molecule has 3 aromatic carbocycles. The first-order valence-corrected chi connectivity index (χ1v) is 8.94. The minimum atomic E-state index is -0.762. The highest BCUT2D eigenvalue weighted by Crippen LogP contribution is 2.34. The summed E-state index contributed by atoms with van der Waals surface area (Å²) in [6, 6.07) is 26.2. The van der Waals surface area contributed by atoms with Crippen LogP contribution in [0.1, 0.15) is 33.7 Å². The molecular formula is C24H24O2. The largest absolute Gasteiger partial charge is 0.481 e. The number of carboxylic acids is 1. The lowest BCUT2D eigenvalue weighted by Gasteiger charge is -2.25. The third kappa shape index (κ3) is 4.20. The number of aryl methyl sites for hydroxylation is 2. The van der Waals surface area contributed by atoms with Gasteiger partial charge in [0.25, 0.3) is 0 Å². The molecule has 0 fully saturated rings. The number of rotatable bonds is 6. The Kier molecular flexibility index (Phi) is 5.52. The van der Waals surface area contributed by atoms with E-state index in [0.717, 1.165) is 16.7 Å². The first kappa shape index (κ1) is 17.9. The zero-order valence-corrected chi connectivity index (χ0v) is 15.2. The Hall–Kier alpha value is -2.87. The molecule has 1 N–H and O–H groups in total. The summed E-state index contributed by atoms with van der Waals surface area (Å²) in [5, 5.41) is 10.1. The molecule has 0 aromatic heterocycles. The average Bonchev–Trinajstić information content (AvgIpc) is 2.62. The van der Waals surface area contributed by atoms with E-state index < -0.39 is 11.9 Å². The van der Waals surface area contributed by atoms with Gasteiger partial charge in [-0.3, -0.25) is 4.79 Å². The molecule has 0 aliphatic carbocycles. The molecule has 0 radical (unpaired) electrons. The highest BCUT2D eigenvalue weighted by Gasteiger charge is 2.31. The maximum absolute atomic E-state index is 12.3. The summed E-state index contributed by atoms with van der Waals surface area (Å²) in [5.41, 5.74) is 5.48. The maximum atomic E-state index is 12.3. The third-order valence-corrected chi connectivity index (χ3v) is 4.77. The van der Waals surface area contributed by atoms with Crippen LogP contribution in [-0.4, -0.2) is 11.1 Å². The molecule has 0 amide bonds. The Balaban J connectivity index is 2.05. The molecule has 3 rings (SSSR count). The van der Waals surface area contributed by atoms with Crippen LogP contribution in [0, 0.1) is 19.8 Å². The summed E-state index contributed by atoms with van der Waals surface area (Å²) >= 11 is 0. The first-order valence-electron chi connectivity index (χ1n) is 8.94. The fraction of sp³-hybridized carbons (Fsp3) is 0.208. The second-order valence-corrected chi connectivity index (χ2v) is 6.94. The van der Waals surface area contributed by atoms with Crippen LogP contribution in [0.2, 0.25) is 0 Å². The number of aliphatic carboxylic acids is 1. The van der Waals surface area contributed by atoms with Gasteiger partial charge in [-0.2, -0.15) is 0 Å². The van der Waals surface area contributed by atoms with Gasteiger partial charge in [0.05, 0.1) is 5.92 Å². The van der Waals surface area contributed by atoms with E-state index in [1.807, 2.05) is 60.7 Å². The highest BCUT2D eigenvalue weighted by atomic mass is 16.4. The molecule has 0 saturated carbocycles. The Labute approximate surface area is 155 Å². The predicted octanol–water partition coefficient (Wildman–Crippen LogP) is 5.38. The van der Waals surface area contributed by atoms with Crippen LogP contribution in [0.4, 0.5) is 0 Å². The van der Waals surface area contributed by atoms with Crippen LogP contribution >= 0.6 is 0 Å². The predicted molar refractivity (Wildman–Crippen MR) is 105 cm³/mol. The lowest BCUT2D eigenvalue weighted by atomic mass is 9.77. The van der Waals surface area contributed by atoms with Crippen LogP contribution < -0.4 is 0 Å². The molecule has 2 nitrogen and oxygen atoms in total. The van der Waals surface area contributed by atoms with Crippen LogP contribution in [-0.2, 0) is 11.2 Å². The van der Waals surface area contributed by atoms with E-state index in [-0.39, 0.29) is 5.92 Å². The summed E-state index contributed by atoms with van der Waals surface area (Å²) in [5.74, 6) is -1.47. The summed E-state index contributed by atoms with van der Waals surface area (Å²) in [7, 11) is 0. The van der Waals surface area contributed by atoms with Gasteiger partial charge >= 0.3 is 5.97 Å². The SMILES string of the molecule is Cc1cc(C)cc(CC(C(=O)O)C(c2ccccc2)c2ccccc2)c1. The molecule has 0 spiro atoms. The molecule has 26 heavy (non-hydrogen) atoms. The number of hydrogen-bond donors (Lipinski definition) is 1. The average molecular weight is 344 g/mol. The molecule has 1 atom stereocenters. The summed E-state index contributed by atoms with van der Waals surface area (Å²) in [6.45, 7) is 4.11. The van der Waals surface area contributed by atoms with Gasteiger partial charge in [-0.25, -0.2) is 0 Å². The zero-order chi connectivity index (χ0) is 18.5. The van der Waals surface area contributed by atoms with Crippen molar-refractivity contribution >= 4 is 5.97 Å². The molecule has 0 bridgehead atoms. The lowest BCUT2D eigenvalue weighted by molar-refractivity contribution is -0.142. The van der Waals surface area contributed by atoms with Crippen molar-refractivity contribution < 1.29 is 9.90 Å². The molecule has 3 aromatic rings. The molecule has 2 heteroatoms. The summed E-state index contributed by atoms with van der Waals surface area (Å²) in [6.07, 6.45) is 0.506. The maximum Gasteiger partial charge on any atom is 0.307 e. The van der Waals surface area contributed by atoms with Gasteiger partial charge in [0.15, 0.2) is 0 Å². The fourth-order valence-corrected chi connectivity index (χ4v) is 3.77. The minimum absolute atomic E-state index is 0.185. The van der Waals surface area contributed by atoms with E-state index in [1.54, 1.807) is 0 Å². The van der Waals surface area contributed by atoms with Crippen molar-refractivity contribution in [3.8, 4) is 0 Å². The highest BCUT2D eigenvalue weighted by molar-refractivity contribution is 5.73. The van der Waals surface area contributed by atoms with Crippen molar-refractivity contribution in [2.75, 3.05) is 0 Å². The number of carboxylic acid groups (broad SMARTS) is 1. The number of hydrogen-bond acceptors (Lipinski definition) is 1. The van der Waals surface area contributed by atoms with Crippen LogP contribution in [0.5, 0.6) is 0 Å². The van der Waals surface area contributed by atoms with Crippen molar-refractivity contribution in [3.05, 3.63) is 107 Å². The number of benzene rings is 3. The van der Waals surface area contributed by atoms with E-state index >= 15 is 0 Å². The van der Waals surface area contributed by atoms with Crippen LogP contribution in [0.15, 0.2) is 78.9 Å². The quantitative estimate of drug-likeness (QED) is 0.652. The monoisotopic (exact) mass is 344 g/mol. The normalized spacial score (nSPS) is 12.1. The second kappa shape index (κ2) is 8.01. The van der Waals surface area contributed by atoms with Gasteiger partial charge in [0, 0.05) is 5.92 Å². The van der Waals surface area contributed by atoms with Gasteiger partial charge in [0.1, 0.15) is 0 Å². The van der Waals surface area contributed by atoms with Crippen molar-refractivity contribution in [1.29, 1.82) is 0 Å². The summed E-state index contributed by atoms with van der Waals surface area (Å²) in [4.78, 5) is 12.3.